The van der Waals surface area contributed by atoms with Crippen LogP contribution < -0.4 is 10.1 Å². The second-order valence-electron chi connectivity index (χ2n) is 7.40. The fourth-order valence-corrected chi connectivity index (χ4v) is 3.56. The van der Waals surface area contributed by atoms with Gasteiger partial charge in [0, 0.05) is 62.1 Å². The highest BCUT2D eigenvalue weighted by atomic mass is 16.5. The largest absolute Gasteiger partial charge is 0.496 e. The predicted octanol–water partition coefficient (Wildman–Crippen LogP) is 2.86. The number of hydrogen-bond donors (Lipinski definition) is 1. The second-order valence-corrected chi connectivity index (χ2v) is 7.40. The molecule has 1 aliphatic heterocycles. The first kappa shape index (κ1) is 20.1. The Hall–Kier alpha value is -2.60. The number of rotatable bonds is 6. The van der Waals surface area contributed by atoms with Gasteiger partial charge in [-0.3, -0.25) is 9.88 Å². The van der Waals surface area contributed by atoms with Crippen LogP contribution in [0.25, 0.3) is 0 Å². The quantitative estimate of drug-likeness (QED) is 0.835. The van der Waals surface area contributed by atoms with Gasteiger partial charge in [-0.05, 0) is 32.0 Å². The fourth-order valence-electron chi connectivity index (χ4n) is 3.56. The van der Waals surface area contributed by atoms with E-state index in [2.05, 4.69) is 21.3 Å². The lowest BCUT2D eigenvalue weighted by atomic mass is 10.1. The number of carbonyl (C=O) groups excluding carboxylic acids is 1. The highest BCUT2D eigenvalue weighted by Crippen LogP contribution is 2.20. The maximum atomic E-state index is 12.6. The third-order valence-electron chi connectivity index (χ3n) is 5.08. The summed E-state index contributed by atoms with van der Waals surface area (Å²) in [4.78, 5) is 21.4. The number of aromatic nitrogens is 1. The van der Waals surface area contributed by atoms with Gasteiger partial charge in [0.05, 0.1) is 7.11 Å². The number of nitrogens with one attached hydrogen (secondary N) is 1. The monoisotopic (exact) mass is 382 g/mol. The number of pyridine rings is 1. The number of para-hydroxylation sites is 1. The average molecular weight is 383 g/mol. The van der Waals surface area contributed by atoms with E-state index in [1.54, 1.807) is 7.11 Å². The molecule has 2 amide bonds. The number of hydrogen-bond acceptors (Lipinski definition) is 4. The Morgan fingerprint density at radius 2 is 1.89 bits per heavy atom. The molecule has 1 aromatic carbocycles. The van der Waals surface area contributed by atoms with Gasteiger partial charge in [-0.2, -0.15) is 0 Å². The first-order valence-electron chi connectivity index (χ1n) is 9.87. The summed E-state index contributed by atoms with van der Waals surface area (Å²) in [6.07, 6.45) is 0.737. The summed E-state index contributed by atoms with van der Waals surface area (Å²) in [5, 5.41) is 3.11. The molecule has 28 heavy (non-hydrogen) atoms. The molecule has 6 heteroatoms. The van der Waals surface area contributed by atoms with Crippen molar-refractivity contribution in [1.29, 1.82) is 0 Å². The second kappa shape index (κ2) is 9.55. The lowest BCUT2D eigenvalue weighted by Gasteiger charge is -2.35. The summed E-state index contributed by atoms with van der Waals surface area (Å²) in [7, 11) is 1.70. The Bertz CT molecular complexity index is 788. The highest BCUT2D eigenvalue weighted by molar-refractivity contribution is 5.74. The van der Waals surface area contributed by atoms with Crippen molar-refractivity contribution in [1.82, 2.24) is 20.1 Å². The Morgan fingerprint density at radius 3 is 2.61 bits per heavy atom. The molecular weight excluding hydrogens is 352 g/mol. The number of amides is 2. The van der Waals surface area contributed by atoms with Gasteiger partial charge in [0.2, 0.25) is 0 Å². The number of ether oxygens (including phenoxy) is 1. The molecule has 1 aromatic heterocycles. The molecule has 1 aliphatic rings. The van der Waals surface area contributed by atoms with Crippen molar-refractivity contribution in [3.63, 3.8) is 0 Å². The molecule has 1 saturated heterocycles. The highest BCUT2D eigenvalue weighted by Gasteiger charge is 2.22. The number of piperazine rings is 1. The third kappa shape index (κ3) is 5.45. The topological polar surface area (TPSA) is 57.7 Å². The van der Waals surface area contributed by atoms with Gasteiger partial charge in [0.1, 0.15) is 5.75 Å². The third-order valence-corrected chi connectivity index (χ3v) is 5.08. The van der Waals surface area contributed by atoms with Gasteiger partial charge >= 0.3 is 6.03 Å². The van der Waals surface area contributed by atoms with Crippen molar-refractivity contribution in [2.24, 2.45) is 0 Å². The van der Waals surface area contributed by atoms with E-state index in [0.717, 1.165) is 56.3 Å². The van der Waals surface area contributed by atoms with Crippen LogP contribution in [0.2, 0.25) is 0 Å². The van der Waals surface area contributed by atoms with Gasteiger partial charge in [-0.1, -0.05) is 24.3 Å². The number of carbonyl (C=O) groups is 1. The van der Waals surface area contributed by atoms with Gasteiger partial charge in [0.15, 0.2) is 0 Å². The summed E-state index contributed by atoms with van der Waals surface area (Å²) in [5.74, 6) is 0.918. The Morgan fingerprint density at radius 1 is 1.14 bits per heavy atom. The summed E-state index contributed by atoms with van der Waals surface area (Å²) in [5.41, 5.74) is 3.19. The molecule has 1 N–H and O–H groups in total. The van der Waals surface area contributed by atoms with E-state index >= 15 is 0 Å². The molecule has 6 nitrogen and oxygen atoms in total. The van der Waals surface area contributed by atoms with Crippen LogP contribution in [-0.4, -0.2) is 60.1 Å². The normalized spacial score (nSPS) is 15.9. The minimum atomic E-state index is 0.0112. The summed E-state index contributed by atoms with van der Waals surface area (Å²) in [6.45, 7) is 8.04. The van der Waals surface area contributed by atoms with Gasteiger partial charge in [0.25, 0.3) is 0 Å². The maximum absolute atomic E-state index is 12.6. The van der Waals surface area contributed by atoms with Crippen LogP contribution in [0.1, 0.15) is 23.9 Å². The summed E-state index contributed by atoms with van der Waals surface area (Å²) < 4.78 is 5.44. The van der Waals surface area contributed by atoms with Gasteiger partial charge in [-0.15, -0.1) is 0 Å². The summed E-state index contributed by atoms with van der Waals surface area (Å²) >= 11 is 0. The number of methoxy groups -OCH3 is 1. The van der Waals surface area contributed by atoms with E-state index in [0.29, 0.717) is 0 Å². The van der Waals surface area contributed by atoms with E-state index in [1.165, 1.54) is 5.56 Å². The molecule has 0 unspecified atom stereocenters. The standard InChI is InChI=1S/C22H30N4O2/c1-17-7-6-9-20(23-17)15-18(2)24-22(27)26-13-11-25(12-14-26)16-19-8-4-5-10-21(19)28-3/h4-10,18H,11-16H2,1-3H3,(H,24,27)/t18-/m1/s1. The molecule has 0 spiro atoms. The number of urea groups is 1. The molecule has 1 atom stereocenters. The van der Waals surface area contributed by atoms with Crippen LogP contribution in [0.15, 0.2) is 42.5 Å². The Labute approximate surface area is 167 Å². The molecule has 2 heterocycles. The van der Waals surface area contributed by atoms with E-state index < -0.39 is 0 Å². The van der Waals surface area contributed by atoms with E-state index in [1.807, 2.05) is 55.1 Å². The van der Waals surface area contributed by atoms with E-state index in [4.69, 9.17) is 4.74 Å². The van der Waals surface area contributed by atoms with E-state index in [9.17, 15) is 4.79 Å². The van der Waals surface area contributed by atoms with Crippen molar-refractivity contribution in [2.75, 3.05) is 33.3 Å². The van der Waals surface area contributed by atoms with Gasteiger partial charge in [-0.25, -0.2) is 4.79 Å². The molecule has 0 saturated carbocycles. The van der Waals surface area contributed by atoms with E-state index in [-0.39, 0.29) is 12.1 Å². The van der Waals surface area contributed by atoms with Crippen LogP contribution >= 0.6 is 0 Å². The lowest BCUT2D eigenvalue weighted by molar-refractivity contribution is 0.133. The van der Waals surface area contributed by atoms with Crippen molar-refractivity contribution < 1.29 is 9.53 Å². The minimum absolute atomic E-state index is 0.0112. The zero-order valence-electron chi connectivity index (χ0n) is 17.0. The lowest BCUT2D eigenvalue weighted by Crippen LogP contribution is -2.53. The van der Waals surface area contributed by atoms with Crippen LogP contribution in [0, 0.1) is 6.92 Å². The fraction of sp³-hybridized carbons (Fsp3) is 0.455. The Balaban J connectivity index is 1.45. The van der Waals surface area contributed by atoms with Crippen LogP contribution in [-0.2, 0) is 13.0 Å². The maximum Gasteiger partial charge on any atom is 0.317 e. The number of benzene rings is 1. The van der Waals surface area contributed by atoms with Crippen LogP contribution in [0.5, 0.6) is 5.75 Å². The molecule has 150 valence electrons. The van der Waals surface area contributed by atoms with Crippen molar-refractivity contribution in [3.8, 4) is 5.75 Å². The van der Waals surface area contributed by atoms with Crippen molar-refractivity contribution in [2.45, 2.75) is 32.9 Å². The molecule has 2 aromatic rings. The predicted molar refractivity (Wildman–Crippen MR) is 111 cm³/mol. The zero-order chi connectivity index (χ0) is 19.9. The molecule has 0 radical (unpaired) electrons. The molecule has 0 aliphatic carbocycles. The average Bonchev–Trinajstić information content (AvgIpc) is 2.69. The summed E-state index contributed by atoms with van der Waals surface area (Å²) in [6, 6.07) is 14.2. The molecule has 0 bridgehead atoms. The minimum Gasteiger partial charge on any atom is -0.496 e. The number of nitrogens with zero attached hydrogens (tertiary/aromatic N) is 3. The first-order valence-corrected chi connectivity index (χ1v) is 9.87. The van der Waals surface area contributed by atoms with Crippen molar-refractivity contribution in [3.05, 3.63) is 59.4 Å². The SMILES string of the molecule is COc1ccccc1CN1CCN(C(=O)N[C@H](C)Cc2cccc(C)n2)CC1. The molecular formula is C22H30N4O2. The van der Waals surface area contributed by atoms with Gasteiger partial charge < -0.3 is 15.0 Å². The van der Waals surface area contributed by atoms with Crippen LogP contribution in [0.3, 0.4) is 0 Å². The first-order chi connectivity index (χ1) is 13.5. The smallest absolute Gasteiger partial charge is 0.317 e. The Kier molecular flexibility index (Phi) is 6.87. The number of aryl methyl sites for hydroxylation is 1. The van der Waals surface area contributed by atoms with Crippen LogP contribution in [0.4, 0.5) is 4.79 Å². The molecule has 3 rings (SSSR count). The van der Waals surface area contributed by atoms with Crippen molar-refractivity contribution >= 4 is 6.03 Å². The molecule has 1 fully saturated rings. The zero-order valence-corrected chi connectivity index (χ0v) is 17.0.